The van der Waals surface area contributed by atoms with E-state index in [1.54, 1.807) is 11.1 Å². The number of unbranched alkanes of at least 4 members (excludes halogenated alkanes) is 9. The zero-order chi connectivity index (χ0) is 34.1. The van der Waals surface area contributed by atoms with E-state index in [0.717, 1.165) is 13.1 Å². The molecular formula is C34H60Cl4N2Si2Ti2-2. The number of halogens is 4. The van der Waals surface area contributed by atoms with E-state index in [4.69, 9.17) is 47.2 Å². The molecule has 2 saturated carbocycles. The summed E-state index contributed by atoms with van der Waals surface area (Å²) in [5.41, 5.74) is 3.20. The van der Waals surface area contributed by atoms with E-state index in [-0.39, 0.29) is 0 Å². The minimum absolute atomic E-state index is 0.556. The van der Waals surface area contributed by atoms with Crippen LogP contribution in [-0.2, 0) is 34.1 Å². The van der Waals surface area contributed by atoms with Gasteiger partial charge in [0.15, 0.2) is 0 Å². The van der Waals surface area contributed by atoms with E-state index in [1.807, 2.05) is 0 Å². The molecule has 0 aliphatic heterocycles. The number of hydrogen-bond donors (Lipinski definition) is 0. The van der Waals surface area contributed by atoms with Crippen LogP contribution in [0.2, 0.25) is 26.2 Å². The monoisotopic (exact) mass is 788 g/mol. The molecule has 0 spiro atoms. The summed E-state index contributed by atoms with van der Waals surface area (Å²) < 4.78 is 0. The maximum absolute atomic E-state index is 5.26. The predicted octanol–water partition coefficient (Wildman–Crippen LogP) is 13.8. The van der Waals surface area contributed by atoms with E-state index in [0.29, 0.717) is 0 Å². The van der Waals surface area contributed by atoms with Crippen LogP contribution >= 0.6 is 37.2 Å². The third-order valence-corrected chi connectivity index (χ3v) is 15.7. The molecule has 0 unspecified atom stereocenters. The van der Waals surface area contributed by atoms with Crippen molar-refractivity contribution in [2.24, 2.45) is 0 Å². The normalized spacial score (nSPS) is 19.7. The summed E-state index contributed by atoms with van der Waals surface area (Å²) in [6, 6.07) is 0. The summed E-state index contributed by atoms with van der Waals surface area (Å²) in [6.45, 7) is 30.2. The maximum atomic E-state index is 5.26. The SMILES string of the molecule is C[C]1[C](C)[C](C)[C]([Si](C)(C)[N-]CCCCCCCCCCCC[N-][Si](C)(C)[C]2[C](C)[C](C)[C](C)[C]2C)[C]1C.[Cl][Ti][Cl].[Cl][Ti][Cl]. The standard InChI is InChI=1S/C34H60N2Si2.4ClH.2Ti/c1-25-26(2)30(6)33(29(25)5)37(9,10)35-23-21-19-17-15-13-14-16-18-20-22-24-36-38(11,12)34-31(7)27(3)28(4)32(34)8;;;;;;/h13-24H2,1-12H3;4*1H;;/q-2;;;;;2*+2/p-4. The van der Waals surface area contributed by atoms with Gasteiger partial charge in [-0.3, -0.25) is 0 Å². The number of rotatable bonds is 17. The Hall–Kier alpha value is 2.94. The molecule has 0 N–H and O–H groups in total. The second-order valence-corrected chi connectivity index (χ2v) is 26.3. The van der Waals surface area contributed by atoms with Crippen molar-refractivity contribution in [1.82, 2.24) is 0 Å². The van der Waals surface area contributed by atoms with Crippen molar-refractivity contribution in [3.05, 3.63) is 68.4 Å². The van der Waals surface area contributed by atoms with Crippen molar-refractivity contribution < 1.29 is 34.1 Å². The second-order valence-electron chi connectivity index (χ2n) is 13.3. The molecule has 0 aromatic heterocycles. The van der Waals surface area contributed by atoms with Gasteiger partial charge in [0.25, 0.3) is 0 Å². The molecule has 0 aromatic carbocycles. The fourth-order valence-electron chi connectivity index (χ4n) is 6.79. The quantitative estimate of drug-likeness (QED) is 0.104. The van der Waals surface area contributed by atoms with Gasteiger partial charge in [0.2, 0.25) is 0 Å². The Balaban J connectivity index is 0.00000284. The Kier molecular flexibility index (Phi) is 26.7. The summed E-state index contributed by atoms with van der Waals surface area (Å²) in [7, 11) is 16.2. The van der Waals surface area contributed by atoms with Crippen LogP contribution in [0.25, 0.3) is 9.96 Å². The topological polar surface area (TPSA) is 28.2 Å². The third-order valence-electron chi connectivity index (χ3n) is 9.68. The Bertz CT molecular complexity index is 639. The van der Waals surface area contributed by atoms with Crippen molar-refractivity contribution in [3.8, 4) is 0 Å². The summed E-state index contributed by atoms with van der Waals surface area (Å²) in [6.07, 6.45) is 13.6. The van der Waals surface area contributed by atoms with Gasteiger partial charge in [-0.05, 0) is 58.4 Å². The molecule has 2 aliphatic carbocycles. The first kappa shape index (κ1) is 46.9. The van der Waals surface area contributed by atoms with E-state index >= 15 is 0 Å². The molecule has 252 valence electrons. The van der Waals surface area contributed by atoms with Crippen LogP contribution in [0.4, 0.5) is 0 Å². The summed E-state index contributed by atoms with van der Waals surface area (Å²) in [5.74, 6) is 12.0. The molecule has 44 heavy (non-hydrogen) atoms. The van der Waals surface area contributed by atoms with Crippen molar-refractivity contribution >= 4 is 53.7 Å². The van der Waals surface area contributed by atoms with Crippen molar-refractivity contribution in [1.29, 1.82) is 0 Å². The molecule has 2 rings (SSSR count). The average molecular weight is 791 g/mol. The first-order chi connectivity index (χ1) is 20.6. The van der Waals surface area contributed by atoms with E-state index in [9.17, 15) is 0 Å². The first-order valence-electron chi connectivity index (χ1n) is 16.3. The van der Waals surface area contributed by atoms with E-state index in [2.05, 4.69) is 81.6 Å². The van der Waals surface area contributed by atoms with Gasteiger partial charge in [0.1, 0.15) is 0 Å². The van der Waals surface area contributed by atoms with Gasteiger partial charge in [0.05, 0.1) is 0 Å². The van der Waals surface area contributed by atoms with Gasteiger partial charge in [-0.1, -0.05) is 162 Å². The number of hydrogen-bond acceptors (Lipinski definition) is 0. The van der Waals surface area contributed by atoms with Gasteiger partial charge in [-0.25, -0.2) is 0 Å². The Labute approximate surface area is 312 Å². The van der Waals surface area contributed by atoms with Gasteiger partial charge in [0, 0.05) is 0 Å². The fourth-order valence-corrected chi connectivity index (χ4v) is 13.0. The van der Waals surface area contributed by atoms with Crippen LogP contribution in [-0.4, -0.2) is 29.6 Å². The molecule has 0 amide bonds. The zero-order valence-corrected chi connectivity index (χ0v) is 38.0. The first-order valence-corrected chi connectivity index (χ1v) is 30.8. The number of nitrogens with zero attached hydrogens (tertiary/aromatic N) is 2. The summed E-state index contributed by atoms with van der Waals surface area (Å²) >= 11 is -1.11. The van der Waals surface area contributed by atoms with Crippen LogP contribution in [0.3, 0.4) is 0 Å². The van der Waals surface area contributed by atoms with Gasteiger partial charge in [-0.2, -0.15) is 13.1 Å². The van der Waals surface area contributed by atoms with Crippen molar-refractivity contribution in [2.75, 3.05) is 13.1 Å². The van der Waals surface area contributed by atoms with Crippen molar-refractivity contribution in [2.45, 2.75) is 146 Å². The van der Waals surface area contributed by atoms with Gasteiger partial charge in [-0.15, -0.1) is 0 Å². The molecule has 0 bridgehead atoms. The average Bonchev–Trinajstić information content (AvgIpc) is 3.27. The molecule has 0 heterocycles. The molecule has 0 aromatic rings. The Morgan fingerprint density at radius 2 is 0.568 bits per heavy atom. The van der Waals surface area contributed by atoms with E-state index < -0.39 is 50.5 Å². The van der Waals surface area contributed by atoms with Crippen LogP contribution in [0.1, 0.15) is 120 Å². The summed E-state index contributed by atoms with van der Waals surface area (Å²) in [4.78, 5) is 10.5. The molecule has 2 fully saturated rings. The minimum atomic E-state index is -1.69. The van der Waals surface area contributed by atoms with Crippen LogP contribution < -0.4 is 0 Å². The van der Waals surface area contributed by atoms with Crippen LogP contribution in [0.15, 0.2) is 0 Å². The molecule has 10 radical (unpaired) electrons. The molecule has 10 heteroatoms. The fraction of sp³-hybridized carbons (Fsp3) is 0.706. The predicted molar refractivity (Wildman–Crippen MR) is 199 cm³/mol. The van der Waals surface area contributed by atoms with Gasteiger partial charge < -0.3 is 9.96 Å². The molecule has 0 atom stereocenters. The zero-order valence-electron chi connectivity index (χ0n) is 29.9. The third kappa shape index (κ3) is 15.9. The van der Waals surface area contributed by atoms with E-state index in [1.165, 1.54) is 112 Å². The second kappa shape index (κ2) is 25.0. The van der Waals surface area contributed by atoms with Gasteiger partial charge >= 0.3 is 71.3 Å². The van der Waals surface area contributed by atoms with Crippen LogP contribution in [0.5, 0.6) is 0 Å². The van der Waals surface area contributed by atoms with Crippen molar-refractivity contribution in [3.63, 3.8) is 0 Å². The Morgan fingerprint density at radius 1 is 0.386 bits per heavy atom. The molecule has 0 saturated heterocycles. The molecule has 2 nitrogen and oxygen atoms in total. The van der Waals surface area contributed by atoms with Crippen LogP contribution in [0, 0.1) is 58.4 Å². The Morgan fingerprint density at radius 3 is 0.773 bits per heavy atom. The molecule has 2 aliphatic rings. The molecular weight excluding hydrogens is 730 g/mol. The summed E-state index contributed by atoms with van der Waals surface area (Å²) in [5, 5.41) is 0.